The molecule has 0 saturated heterocycles. The van der Waals surface area contributed by atoms with Gasteiger partial charge in [0.1, 0.15) is 0 Å². The van der Waals surface area contributed by atoms with Crippen LogP contribution >= 0.6 is 11.6 Å². The van der Waals surface area contributed by atoms with Crippen molar-refractivity contribution in [3.8, 4) is 0 Å². The zero-order valence-electron chi connectivity index (χ0n) is 14.0. The van der Waals surface area contributed by atoms with E-state index in [1.54, 1.807) is 0 Å². The predicted molar refractivity (Wildman–Crippen MR) is 95.6 cm³/mol. The van der Waals surface area contributed by atoms with Crippen LogP contribution in [0.15, 0.2) is 46.4 Å². The van der Waals surface area contributed by atoms with Crippen molar-refractivity contribution in [2.24, 2.45) is 0 Å². The third-order valence-corrected chi connectivity index (χ3v) is 4.59. The highest BCUT2D eigenvalue weighted by molar-refractivity contribution is 6.31. The highest BCUT2D eigenvalue weighted by Crippen LogP contribution is 2.28. The largest absolute Gasteiger partial charge is 0.382 e. The smallest absolute Gasteiger partial charge is 0.0451 e. The molecule has 1 aliphatic heterocycles. The van der Waals surface area contributed by atoms with Gasteiger partial charge in [0.15, 0.2) is 0 Å². The van der Waals surface area contributed by atoms with E-state index in [2.05, 4.69) is 48.5 Å². The van der Waals surface area contributed by atoms with E-state index in [1.807, 2.05) is 12.3 Å². The first-order valence-electron chi connectivity index (χ1n) is 8.36. The second-order valence-electron chi connectivity index (χ2n) is 5.94. The maximum Gasteiger partial charge on any atom is 0.0451 e. The Kier molecular flexibility index (Phi) is 6.59. The Morgan fingerprint density at radius 3 is 2.86 bits per heavy atom. The summed E-state index contributed by atoms with van der Waals surface area (Å²) in [6.45, 7) is 10.2. The molecule has 22 heavy (non-hydrogen) atoms. The van der Waals surface area contributed by atoms with Gasteiger partial charge in [-0.15, -0.1) is 0 Å². The Hall–Kier alpha value is -1.19. The van der Waals surface area contributed by atoms with Gasteiger partial charge < -0.3 is 15.5 Å². The number of rotatable bonds is 8. The fourth-order valence-electron chi connectivity index (χ4n) is 2.93. The van der Waals surface area contributed by atoms with E-state index in [-0.39, 0.29) is 0 Å². The second-order valence-corrected chi connectivity index (χ2v) is 6.37. The van der Waals surface area contributed by atoms with Crippen molar-refractivity contribution >= 4 is 11.6 Å². The monoisotopic (exact) mass is 321 g/mol. The van der Waals surface area contributed by atoms with Crippen LogP contribution in [0, 0.1) is 0 Å². The summed E-state index contributed by atoms with van der Waals surface area (Å²) in [4.78, 5) is 2.48. The molecule has 0 bridgehead atoms. The molecule has 1 aliphatic carbocycles. The summed E-state index contributed by atoms with van der Waals surface area (Å²) in [5.74, 6) is 0. The van der Waals surface area contributed by atoms with Crippen LogP contribution < -0.4 is 10.6 Å². The van der Waals surface area contributed by atoms with Crippen LogP contribution in [0.2, 0.25) is 0 Å². The van der Waals surface area contributed by atoms with Gasteiger partial charge in [-0.25, -0.2) is 0 Å². The zero-order chi connectivity index (χ0) is 15.9. The minimum atomic E-state index is 0.475. The highest BCUT2D eigenvalue weighted by Gasteiger charge is 2.17. The summed E-state index contributed by atoms with van der Waals surface area (Å²) < 4.78 is 0. The lowest BCUT2D eigenvalue weighted by Crippen LogP contribution is -2.31. The molecule has 122 valence electrons. The Bertz CT molecular complexity index is 498. The topological polar surface area (TPSA) is 27.3 Å². The third kappa shape index (κ3) is 4.65. The van der Waals surface area contributed by atoms with E-state index < -0.39 is 0 Å². The van der Waals surface area contributed by atoms with E-state index in [0.717, 1.165) is 30.2 Å². The molecule has 0 fully saturated rings. The molecule has 4 heteroatoms. The number of nitrogens with one attached hydrogen (secondary N) is 2. The standard InChI is InChI=1S/C18H28ClN3/c1-4-22(5-2)12-6-7-14(3)21-17-10-11-20-18-13-15(19)8-9-16(17)18/h8,10-11,13-14,20-21H,4-7,9,12H2,1-3H3/t14-/m0/s1. The van der Waals surface area contributed by atoms with Crippen LogP contribution in [0.1, 0.15) is 40.0 Å². The van der Waals surface area contributed by atoms with Gasteiger partial charge in [0.2, 0.25) is 0 Å². The molecule has 1 heterocycles. The molecule has 0 aromatic carbocycles. The number of halogens is 1. The molecule has 2 rings (SSSR count). The second kappa shape index (κ2) is 8.44. The summed E-state index contributed by atoms with van der Waals surface area (Å²) in [6, 6.07) is 0.475. The van der Waals surface area contributed by atoms with Crippen LogP contribution in [0.3, 0.4) is 0 Å². The normalized spacial score (nSPS) is 18.6. The van der Waals surface area contributed by atoms with Crippen LogP contribution in [-0.2, 0) is 0 Å². The molecule has 3 nitrogen and oxygen atoms in total. The van der Waals surface area contributed by atoms with Crippen LogP contribution in [0.25, 0.3) is 0 Å². The number of hydrogen-bond donors (Lipinski definition) is 2. The van der Waals surface area contributed by atoms with E-state index in [0.29, 0.717) is 6.04 Å². The molecule has 0 radical (unpaired) electrons. The quantitative estimate of drug-likeness (QED) is 0.710. The Balaban J connectivity index is 1.87. The van der Waals surface area contributed by atoms with Crippen molar-refractivity contribution in [2.75, 3.05) is 19.6 Å². The molecule has 0 unspecified atom stereocenters. The van der Waals surface area contributed by atoms with Crippen LogP contribution in [0.4, 0.5) is 0 Å². The van der Waals surface area contributed by atoms with Crippen molar-refractivity contribution in [2.45, 2.75) is 46.1 Å². The number of allylic oxidation sites excluding steroid dienone is 5. The zero-order valence-corrected chi connectivity index (χ0v) is 14.7. The van der Waals surface area contributed by atoms with Gasteiger partial charge in [0.25, 0.3) is 0 Å². The van der Waals surface area contributed by atoms with E-state index in [9.17, 15) is 0 Å². The van der Waals surface area contributed by atoms with Gasteiger partial charge in [-0.2, -0.15) is 0 Å². The number of hydrogen-bond acceptors (Lipinski definition) is 3. The molecular formula is C18H28ClN3. The summed E-state index contributed by atoms with van der Waals surface area (Å²) in [7, 11) is 0. The van der Waals surface area contributed by atoms with Gasteiger partial charge in [0, 0.05) is 34.2 Å². The first-order valence-corrected chi connectivity index (χ1v) is 8.74. The highest BCUT2D eigenvalue weighted by atomic mass is 35.5. The van der Waals surface area contributed by atoms with Gasteiger partial charge in [-0.05, 0) is 58.0 Å². The first-order chi connectivity index (χ1) is 10.6. The van der Waals surface area contributed by atoms with Gasteiger partial charge in [0.05, 0.1) is 0 Å². The van der Waals surface area contributed by atoms with Crippen LogP contribution in [-0.4, -0.2) is 30.6 Å². The summed E-state index contributed by atoms with van der Waals surface area (Å²) in [6.07, 6.45) is 11.5. The Labute approximate surface area is 139 Å². The summed E-state index contributed by atoms with van der Waals surface area (Å²) in [5, 5.41) is 7.76. The average Bonchev–Trinajstić information content (AvgIpc) is 2.51. The van der Waals surface area contributed by atoms with E-state index >= 15 is 0 Å². The van der Waals surface area contributed by atoms with Gasteiger partial charge in [-0.1, -0.05) is 31.5 Å². The lowest BCUT2D eigenvalue weighted by molar-refractivity contribution is 0.292. The Morgan fingerprint density at radius 2 is 2.14 bits per heavy atom. The van der Waals surface area contributed by atoms with Gasteiger partial charge >= 0.3 is 0 Å². The van der Waals surface area contributed by atoms with E-state index in [4.69, 9.17) is 11.6 Å². The van der Waals surface area contributed by atoms with Gasteiger partial charge in [-0.3, -0.25) is 0 Å². The number of fused-ring (bicyclic) bond motifs is 1. The molecule has 1 atom stereocenters. The third-order valence-electron chi connectivity index (χ3n) is 4.33. The summed E-state index contributed by atoms with van der Waals surface area (Å²) in [5.41, 5.74) is 3.65. The minimum absolute atomic E-state index is 0.475. The average molecular weight is 322 g/mol. The lowest BCUT2D eigenvalue weighted by Gasteiger charge is -2.26. The first kappa shape index (κ1) is 17.2. The molecule has 0 saturated carbocycles. The van der Waals surface area contributed by atoms with Crippen LogP contribution in [0.5, 0.6) is 0 Å². The molecule has 0 aromatic heterocycles. The van der Waals surface area contributed by atoms with Crippen molar-refractivity contribution in [1.82, 2.24) is 15.5 Å². The van der Waals surface area contributed by atoms with E-state index in [1.165, 1.54) is 30.7 Å². The molecular weight excluding hydrogens is 294 g/mol. The molecule has 0 aromatic rings. The molecule has 0 amide bonds. The Morgan fingerprint density at radius 1 is 1.36 bits per heavy atom. The summed E-state index contributed by atoms with van der Waals surface area (Å²) >= 11 is 6.09. The van der Waals surface area contributed by atoms with Crippen molar-refractivity contribution in [3.05, 3.63) is 46.4 Å². The fraction of sp³-hybridized carbons (Fsp3) is 0.556. The fourth-order valence-corrected chi connectivity index (χ4v) is 3.11. The minimum Gasteiger partial charge on any atom is -0.382 e. The maximum atomic E-state index is 6.09. The van der Waals surface area contributed by atoms with Crippen molar-refractivity contribution in [1.29, 1.82) is 0 Å². The molecule has 0 spiro atoms. The number of dihydropyridines is 1. The van der Waals surface area contributed by atoms with Crippen molar-refractivity contribution < 1.29 is 0 Å². The lowest BCUT2D eigenvalue weighted by atomic mass is 9.98. The van der Waals surface area contributed by atoms with Crippen molar-refractivity contribution in [3.63, 3.8) is 0 Å². The molecule has 2 aliphatic rings. The molecule has 2 N–H and O–H groups in total. The maximum absolute atomic E-state index is 6.09. The SMILES string of the molecule is CCN(CC)CCC[C@H](C)NC1=C2CC=C(Cl)C=C2NC=C1. The predicted octanol–water partition coefficient (Wildman–Crippen LogP) is 3.87. The number of nitrogens with zero attached hydrogens (tertiary/aromatic N) is 1.